The topological polar surface area (TPSA) is 186 Å². The van der Waals surface area contributed by atoms with Gasteiger partial charge < -0.3 is 33.9 Å². The SMILES string of the molecule is COC(=O)CNC(=O)C1CC2CC(c3ccc(CCCOc4c(F)ccc(F)c4Cl)cc3)=C(C(=O)N(Cc3ccc(OC)c(C)c3)C3CC3)C(C1)N2C(=O)OCCOCCON(O)O. The molecule has 2 aliphatic heterocycles. The molecule has 3 aromatic carbocycles. The van der Waals surface area contributed by atoms with Gasteiger partial charge in [-0.3, -0.25) is 29.7 Å². The standard InChI is InChI=1S/C45H53ClF2N4O12/c1-27-21-29(8-15-38(27)59-2)26-50(32-11-12-32)44(55)40-34(30-9-6-28(7-10-30)5-4-16-62-42-36(48)14-13-35(47)41(42)46)24-33-22-31(43(54)49-25-39(53)60-3)23-37(40)51(33)45(56)63-19-17-61-18-20-64-52(57)58/h6-10,13-15,21,31-33,37,57-58H,4-5,11-12,16-20,22-26H2,1-3H3,(H,49,54). The third kappa shape index (κ3) is 12.2. The number of carbonyl (C=O) groups excluding carboxylic acids is 4. The van der Waals surface area contributed by atoms with E-state index in [1.54, 1.807) is 12.0 Å². The van der Waals surface area contributed by atoms with Crippen molar-refractivity contribution in [2.75, 3.05) is 53.8 Å². The van der Waals surface area contributed by atoms with Crippen LogP contribution < -0.4 is 14.8 Å². The molecule has 1 saturated carbocycles. The number of hydrogen-bond acceptors (Lipinski definition) is 13. The van der Waals surface area contributed by atoms with Crippen LogP contribution >= 0.6 is 11.6 Å². The second-order valence-electron chi connectivity index (χ2n) is 15.7. The Morgan fingerprint density at radius 3 is 2.31 bits per heavy atom. The number of nitrogens with one attached hydrogen (secondary N) is 1. The lowest BCUT2D eigenvalue weighted by Crippen LogP contribution is -2.59. The molecule has 1 aliphatic carbocycles. The van der Waals surface area contributed by atoms with Crippen molar-refractivity contribution >= 4 is 41.1 Å². The van der Waals surface area contributed by atoms with Crippen molar-refractivity contribution in [1.29, 1.82) is 0 Å². The molecule has 3 N–H and O–H groups in total. The predicted molar refractivity (Wildman–Crippen MR) is 225 cm³/mol. The zero-order valence-electron chi connectivity index (χ0n) is 35.9. The predicted octanol–water partition coefficient (Wildman–Crippen LogP) is 6.20. The number of halogens is 3. The number of rotatable bonds is 21. The highest BCUT2D eigenvalue weighted by Gasteiger charge is 2.50. The molecule has 346 valence electrons. The van der Waals surface area contributed by atoms with E-state index < -0.39 is 58.0 Å². The largest absolute Gasteiger partial charge is 0.496 e. The molecular formula is C45H53ClF2N4O12. The molecule has 0 aromatic heterocycles. The number of fused-ring (bicyclic) bond motifs is 2. The number of esters is 1. The summed E-state index contributed by atoms with van der Waals surface area (Å²) in [5, 5.41) is 19.2. The molecule has 0 radical (unpaired) electrons. The van der Waals surface area contributed by atoms with Gasteiger partial charge in [-0.05, 0) is 97.9 Å². The Balaban J connectivity index is 1.31. The van der Waals surface area contributed by atoms with Crippen LogP contribution in [-0.2, 0) is 46.4 Å². The lowest BCUT2D eigenvalue weighted by molar-refractivity contribution is -0.493. The second-order valence-corrected chi connectivity index (χ2v) is 16.1. The van der Waals surface area contributed by atoms with Crippen molar-refractivity contribution in [3.05, 3.63) is 99.1 Å². The number of carbonyl (C=O) groups is 4. The van der Waals surface area contributed by atoms with E-state index in [0.717, 1.165) is 52.8 Å². The maximum atomic E-state index is 15.4. The zero-order chi connectivity index (χ0) is 45.9. The number of piperidine rings is 1. The maximum absolute atomic E-state index is 15.4. The Morgan fingerprint density at radius 1 is 0.906 bits per heavy atom. The summed E-state index contributed by atoms with van der Waals surface area (Å²) in [6, 6.07) is 13.7. The van der Waals surface area contributed by atoms with Crippen LogP contribution in [-0.4, -0.2) is 121 Å². The minimum Gasteiger partial charge on any atom is -0.496 e. The molecule has 3 aliphatic rings. The van der Waals surface area contributed by atoms with E-state index >= 15 is 4.79 Å². The average molecular weight is 915 g/mol. The van der Waals surface area contributed by atoms with Gasteiger partial charge in [0.25, 0.3) is 5.91 Å². The first-order valence-corrected chi connectivity index (χ1v) is 21.4. The van der Waals surface area contributed by atoms with Gasteiger partial charge in [0.1, 0.15) is 29.7 Å². The first-order chi connectivity index (χ1) is 30.8. The summed E-state index contributed by atoms with van der Waals surface area (Å²) in [6.07, 6.45) is 2.34. The van der Waals surface area contributed by atoms with Crippen molar-refractivity contribution in [3.63, 3.8) is 0 Å². The van der Waals surface area contributed by atoms with Crippen LogP contribution in [0.15, 0.2) is 60.2 Å². The van der Waals surface area contributed by atoms with Crippen molar-refractivity contribution in [1.82, 2.24) is 20.5 Å². The number of nitrogens with zero attached hydrogens (tertiary/aromatic N) is 3. The Labute approximate surface area is 374 Å². The van der Waals surface area contributed by atoms with Gasteiger partial charge in [0.15, 0.2) is 11.6 Å². The van der Waals surface area contributed by atoms with Gasteiger partial charge in [0.05, 0.1) is 52.1 Å². The van der Waals surface area contributed by atoms with Crippen molar-refractivity contribution in [2.45, 2.75) is 76.5 Å². The first kappa shape index (κ1) is 48.1. The lowest BCUT2D eigenvalue weighted by Gasteiger charge is -2.49. The third-order valence-corrected chi connectivity index (χ3v) is 11.8. The molecule has 2 bridgehead atoms. The number of benzene rings is 3. The molecule has 3 atom stereocenters. The highest BCUT2D eigenvalue weighted by molar-refractivity contribution is 6.32. The summed E-state index contributed by atoms with van der Waals surface area (Å²) in [5.41, 5.74) is 4.55. The van der Waals surface area contributed by atoms with Crippen LogP contribution in [0.2, 0.25) is 5.02 Å². The summed E-state index contributed by atoms with van der Waals surface area (Å²) in [4.78, 5) is 63.0. The molecule has 16 nitrogen and oxygen atoms in total. The smallest absolute Gasteiger partial charge is 0.410 e. The van der Waals surface area contributed by atoms with Gasteiger partial charge in [-0.1, -0.05) is 48.0 Å². The third-order valence-electron chi connectivity index (χ3n) is 11.4. The van der Waals surface area contributed by atoms with E-state index in [1.807, 2.05) is 54.3 Å². The van der Waals surface area contributed by atoms with E-state index in [0.29, 0.717) is 24.2 Å². The summed E-state index contributed by atoms with van der Waals surface area (Å²) in [7, 11) is 2.81. The van der Waals surface area contributed by atoms with Crippen molar-refractivity contribution in [3.8, 4) is 11.5 Å². The normalized spacial score (nSPS) is 18.1. The first-order valence-electron chi connectivity index (χ1n) is 21.0. The minimum atomic E-state index is -0.906. The Kier molecular flexibility index (Phi) is 16.9. The van der Waals surface area contributed by atoms with E-state index in [9.17, 15) is 23.2 Å². The molecule has 19 heteroatoms. The Bertz CT molecular complexity index is 2170. The quantitative estimate of drug-likeness (QED) is 0.0476. The molecule has 3 amide bonds. The van der Waals surface area contributed by atoms with Gasteiger partial charge >= 0.3 is 12.1 Å². The van der Waals surface area contributed by atoms with E-state index in [4.69, 9.17) is 45.7 Å². The molecule has 3 unspecified atom stereocenters. The average Bonchev–Trinajstić information content (AvgIpc) is 4.13. The van der Waals surface area contributed by atoms with Crippen molar-refractivity contribution in [2.24, 2.45) is 5.92 Å². The molecule has 3 aromatic rings. The van der Waals surface area contributed by atoms with Gasteiger partial charge in [0, 0.05) is 30.1 Å². The number of methoxy groups -OCH3 is 2. The van der Waals surface area contributed by atoms with E-state index in [-0.39, 0.29) is 83.1 Å². The van der Waals surface area contributed by atoms with Gasteiger partial charge in [-0.25, -0.2) is 18.4 Å². The lowest BCUT2D eigenvalue weighted by atomic mass is 9.73. The summed E-state index contributed by atoms with van der Waals surface area (Å²) in [6.45, 7) is 1.54. The fourth-order valence-corrected chi connectivity index (χ4v) is 8.43. The molecule has 0 spiro atoms. The molecule has 6 rings (SSSR count). The highest BCUT2D eigenvalue weighted by Crippen LogP contribution is 2.46. The van der Waals surface area contributed by atoms with Crippen LogP contribution in [0.4, 0.5) is 13.6 Å². The van der Waals surface area contributed by atoms with Crippen LogP contribution in [0.1, 0.15) is 60.8 Å². The Morgan fingerprint density at radius 2 is 1.62 bits per heavy atom. The zero-order valence-corrected chi connectivity index (χ0v) is 36.6. The van der Waals surface area contributed by atoms with E-state index in [2.05, 4.69) is 10.2 Å². The van der Waals surface area contributed by atoms with Gasteiger partial charge in [-0.2, -0.15) is 0 Å². The number of amides is 3. The molecule has 2 fully saturated rings. The summed E-state index contributed by atoms with van der Waals surface area (Å²) < 4.78 is 55.0. The van der Waals surface area contributed by atoms with Crippen molar-refractivity contribution < 1.29 is 66.9 Å². The van der Waals surface area contributed by atoms with Crippen LogP contribution in [0.3, 0.4) is 0 Å². The van der Waals surface area contributed by atoms with Gasteiger partial charge in [-0.15, -0.1) is 0 Å². The summed E-state index contributed by atoms with van der Waals surface area (Å²) >= 11 is 5.92. The molecule has 64 heavy (non-hydrogen) atoms. The van der Waals surface area contributed by atoms with Crippen LogP contribution in [0.25, 0.3) is 5.57 Å². The van der Waals surface area contributed by atoms with Gasteiger partial charge in [0.2, 0.25) is 5.91 Å². The molecule has 1 saturated heterocycles. The molecular weight excluding hydrogens is 862 g/mol. The van der Waals surface area contributed by atoms with E-state index in [1.165, 1.54) is 7.11 Å². The maximum Gasteiger partial charge on any atom is 0.410 e. The van der Waals surface area contributed by atoms with Crippen LogP contribution in [0.5, 0.6) is 11.5 Å². The highest BCUT2D eigenvalue weighted by atomic mass is 35.5. The molecule has 2 heterocycles. The minimum absolute atomic E-state index is 0.0295. The summed E-state index contributed by atoms with van der Waals surface area (Å²) in [5.74, 6) is -3.16. The Hall–Kier alpha value is -5.37. The second kappa shape index (κ2) is 22.5. The monoisotopic (exact) mass is 914 g/mol. The fourth-order valence-electron chi connectivity index (χ4n) is 8.22. The number of aryl methyl sites for hydroxylation is 2. The number of hydrogen-bond donors (Lipinski definition) is 3. The van der Waals surface area contributed by atoms with Crippen LogP contribution in [0, 0.1) is 24.5 Å². The fraction of sp³-hybridized carbons (Fsp3) is 0.467. The number of ether oxygens (including phenoxy) is 5.